The van der Waals surface area contributed by atoms with E-state index in [0.717, 1.165) is 16.7 Å². The second-order valence-corrected chi connectivity index (χ2v) is 7.63. The van der Waals surface area contributed by atoms with Gasteiger partial charge in [-0.15, -0.1) is 0 Å². The Morgan fingerprint density at radius 2 is 1.91 bits per heavy atom. The minimum atomic E-state index is -0.529. The highest BCUT2D eigenvalue weighted by molar-refractivity contribution is 6.31. The average molecular weight is 447 g/mol. The number of aryl methyl sites for hydroxylation is 1. The quantitative estimate of drug-likeness (QED) is 0.352. The van der Waals surface area contributed by atoms with E-state index >= 15 is 0 Å². The standard InChI is InChI=1S/C26H23ClN2O3/c1-17-6-4-7-19(12-17)16-32-25-14-22(31-3)11-10-20(25)13-21(15-28)26(30)29-24-9-5-8-23(27)18(24)2/h4-14H,16H2,1-3H3,(H,29,30)/b21-13+. The Labute approximate surface area is 192 Å². The number of nitrogens with zero attached hydrogens (tertiary/aromatic N) is 1. The highest BCUT2D eigenvalue weighted by Gasteiger charge is 2.14. The molecule has 1 amide bonds. The summed E-state index contributed by atoms with van der Waals surface area (Å²) in [4.78, 5) is 12.8. The zero-order valence-corrected chi connectivity index (χ0v) is 18.9. The van der Waals surface area contributed by atoms with E-state index in [-0.39, 0.29) is 5.57 Å². The van der Waals surface area contributed by atoms with Crippen molar-refractivity contribution in [2.45, 2.75) is 20.5 Å². The fourth-order valence-electron chi connectivity index (χ4n) is 3.09. The van der Waals surface area contributed by atoms with Crippen LogP contribution in [-0.2, 0) is 11.4 Å². The average Bonchev–Trinajstić information content (AvgIpc) is 2.79. The molecule has 0 saturated heterocycles. The van der Waals surface area contributed by atoms with Gasteiger partial charge in [0.1, 0.15) is 29.7 Å². The van der Waals surface area contributed by atoms with Crippen LogP contribution in [0.15, 0.2) is 66.2 Å². The maximum absolute atomic E-state index is 12.8. The van der Waals surface area contributed by atoms with Gasteiger partial charge in [0.2, 0.25) is 0 Å². The summed E-state index contributed by atoms with van der Waals surface area (Å²) in [6.07, 6.45) is 1.50. The number of ether oxygens (including phenoxy) is 2. The number of hydrogen-bond donors (Lipinski definition) is 1. The molecule has 0 aromatic heterocycles. The lowest BCUT2D eigenvalue weighted by Crippen LogP contribution is -2.14. The summed E-state index contributed by atoms with van der Waals surface area (Å²) in [5, 5.41) is 12.9. The van der Waals surface area contributed by atoms with Gasteiger partial charge in [-0.25, -0.2) is 0 Å². The van der Waals surface area contributed by atoms with Crippen molar-refractivity contribution in [1.29, 1.82) is 5.26 Å². The van der Waals surface area contributed by atoms with Crippen molar-refractivity contribution in [3.8, 4) is 17.6 Å². The molecule has 0 atom stereocenters. The van der Waals surface area contributed by atoms with Crippen LogP contribution in [0.25, 0.3) is 6.08 Å². The van der Waals surface area contributed by atoms with E-state index in [2.05, 4.69) is 5.32 Å². The molecule has 162 valence electrons. The number of benzene rings is 3. The molecule has 1 N–H and O–H groups in total. The van der Waals surface area contributed by atoms with Gasteiger partial charge in [0.05, 0.1) is 7.11 Å². The second kappa shape index (κ2) is 10.5. The summed E-state index contributed by atoms with van der Waals surface area (Å²) in [5.41, 5.74) is 3.96. The van der Waals surface area contributed by atoms with Crippen LogP contribution in [0.3, 0.4) is 0 Å². The van der Waals surface area contributed by atoms with E-state index in [1.54, 1.807) is 50.4 Å². The molecule has 5 nitrogen and oxygen atoms in total. The molecule has 0 saturated carbocycles. The van der Waals surface area contributed by atoms with Crippen molar-refractivity contribution in [2.75, 3.05) is 12.4 Å². The van der Waals surface area contributed by atoms with Crippen molar-refractivity contribution in [2.24, 2.45) is 0 Å². The van der Waals surface area contributed by atoms with Gasteiger partial charge in [-0.3, -0.25) is 4.79 Å². The molecule has 6 heteroatoms. The van der Waals surface area contributed by atoms with Crippen LogP contribution in [0.2, 0.25) is 5.02 Å². The lowest BCUT2D eigenvalue weighted by atomic mass is 10.1. The van der Waals surface area contributed by atoms with Crippen LogP contribution < -0.4 is 14.8 Å². The lowest BCUT2D eigenvalue weighted by molar-refractivity contribution is -0.112. The predicted molar refractivity (Wildman–Crippen MR) is 127 cm³/mol. The number of halogens is 1. The van der Waals surface area contributed by atoms with Gasteiger partial charge >= 0.3 is 0 Å². The Hall–Kier alpha value is -3.75. The van der Waals surface area contributed by atoms with Gasteiger partial charge in [0.15, 0.2) is 0 Å². The first-order chi connectivity index (χ1) is 15.4. The number of anilines is 1. The number of hydrogen-bond acceptors (Lipinski definition) is 4. The van der Waals surface area contributed by atoms with Crippen LogP contribution in [0.4, 0.5) is 5.69 Å². The van der Waals surface area contributed by atoms with Crippen molar-refractivity contribution >= 4 is 29.3 Å². The predicted octanol–water partition coefficient (Wildman–Crippen LogP) is 6.09. The normalized spacial score (nSPS) is 10.9. The summed E-state index contributed by atoms with van der Waals surface area (Å²) in [6.45, 7) is 4.16. The van der Waals surface area contributed by atoms with E-state index in [0.29, 0.717) is 34.4 Å². The molecule has 0 aliphatic heterocycles. The van der Waals surface area contributed by atoms with Gasteiger partial charge in [0.25, 0.3) is 5.91 Å². The first-order valence-electron chi connectivity index (χ1n) is 9.96. The number of nitriles is 1. The molecular formula is C26H23ClN2O3. The SMILES string of the molecule is COc1ccc(/C=C(\C#N)C(=O)Nc2cccc(Cl)c2C)c(OCc2cccc(C)c2)c1. The molecule has 0 bridgehead atoms. The molecule has 0 heterocycles. The molecule has 0 radical (unpaired) electrons. The Bertz CT molecular complexity index is 1210. The summed E-state index contributed by atoms with van der Waals surface area (Å²) >= 11 is 6.13. The Balaban J connectivity index is 1.88. The maximum Gasteiger partial charge on any atom is 0.266 e. The number of rotatable bonds is 7. The van der Waals surface area contributed by atoms with Gasteiger partial charge < -0.3 is 14.8 Å². The Kier molecular flexibility index (Phi) is 7.54. The lowest BCUT2D eigenvalue weighted by Gasteiger charge is -2.12. The van der Waals surface area contributed by atoms with Crippen LogP contribution in [0.5, 0.6) is 11.5 Å². The zero-order valence-electron chi connectivity index (χ0n) is 18.1. The summed E-state index contributed by atoms with van der Waals surface area (Å²) in [6, 6.07) is 20.4. The third-order valence-electron chi connectivity index (χ3n) is 4.88. The molecule has 0 spiro atoms. The Morgan fingerprint density at radius 1 is 1.12 bits per heavy atom. The molecule has 3 aromatic carbocycles. The minimum absolute atomic E-state index is 0.0602. The highest BCUT2D eigenvalue weighted by Crippen LogP contribution is 2.29. The van der Waals surface area contributed by atoms with Gasteiger partial charge in [-0.1, -0.05) is 47.5 Å². The maximum atomic E-state index is 12.8. The van der Waals surface area contributed by atoms with E-state index in [1.165, 1.54) is 6.08 Å². The number of amides is 1. The van der Waals surface area contributed by atoms with E-state index in [1.807, 2.05) is 37.3 Å². The van der Waals surface area contributed by atoms with Crippen molar-refractivity contribution < 1.29 is 14.3 Å². The number of carbonyl (C=O) groups excluding carboxylic acids is 1. The van der Waals surface area contributed by atoms with E-state index in [4.69, 9.17) is 21.1 Å². The van der Waals surface area contributed by atoms with E-state index in [9.17, 15) is 10.1 Å². The van der Waals surface area contributed by atoms with Crippen molar-refractivity contribution in [1.82, 2.24) is 0 Å². The van der Waals surface area contributed by atoms with Gasteiger partial charge in [-0.2, -0.15) is 5.26 Å². The second-order valence-electron chi connectivity index (χ2n) is 7.22. The largest absolute Gasteiger partial charge is 0.497 e. The summed E-state index contributed by atoms with van der Waals surface area (Å²) < 4.78 is 11.3. The van der Waals surface area contributed by atoms with Crippen molar-refractivity contribution in [3.63, 3.8) is 0 Å². The minimum Gasteiger partial charge on any atom is -0.497 e. The number of nitrogens with one attached hydrogen (secondary N) is 1. The van der Waals surface area contributed by atoms with Crippen LogP contribution in [0, 0.1) is 25.2 Å². The number of methoxy groups -OCH3 is 1. The topological polar surface area (TPSA) is 71.3 Å². The molecule has 0 aliphatic rings. The van der Waals surface area contributed by atoms with Crippen LogP contribution in [0.1, 0.15) is 22.3 Å². The summed E-state index contributed by atoms with van der Waals surface area (Å²) in [7, 11) is 1.57. The fourth-order valence-corrected chi connectivity index (χ4v) is 3.26. The molecular weight excluding hydrogens is 424 g/mol. The molecule has 0 unspecified atom stereocenters. The molecule has 0 fully saturated rings. The van der Waals surface area contributed by atoms with Gasteiger partial charge in [0, 0.05) is 22.3 Å². The molecule has 3 rings (SSSR count). The highest BCUT2D eigenvalue weighted by atomic mass is 35.5. The number of carbonyl (C=O) groups is 1. The first-order valence-corrected chi connectivity index (χ1v) is 10.3. The fraction of sp³-hybridized carbons (Fsp3) is 0.154. The van der Waals surface area contributed by atoms with Crippen LogP contribution >= 0.6 is 11.6 Å². The monoisotopic (exact) mass is 446 g/mol. The third kappa shape index (κ3) is 5.69. The third-order valence-corrected chi connectivity index (χ3v) is 5.29. The molecule has 3 aromatic rings. The smallest absolute Gasteiger partial charge is 0.266 e. The molecule has 32 heavy (non-hydrogen) atoms. The van der Waals surface area contributed by atoms with Gasteiger partial charge in [-0.05, 0) is 55.3 Å². The first kappa shape index (κ1) is 22.9. The summed E-state index contributed by atoms with van der Waals surface area (Å²) in [5.74, 6) is 0.586. The Morgan fingerprint density at radius 3 is 2.62 bits per heavy atom. The van der Waals surface area contributed by atoms with Crippen LogP contribution in [-0.4, -0.2) is 13.0 Å². The zero-order chi connectivity index (χ0) is 23.1. The van der Waals surface area contributed by atoms with E-state index < -0.39 is 5.91 Å². The molecule has 0 aliphatic carbocycles. The van der Waals surface area contributed by atoms with Crippen molar-refractivity contribution in [3.05, 3.63) is 93.5 Å².